The highest BCUT2D eigenvalue weighted by molar-refractivity contribution is 7.99. The maximum absolute atomic E-state index is 12.1. The lowest BCUT2D eigenvalue weighted by atomic mass is 9.91. The van der Waals surface area contributed by atoms with Crippen LogP contribution >= 0.6 is 23.4 Å². The van der Waals surface area contributed by atoms with Crippen LogP contribution in [0.1, 0.15) is 18.5 Å². The minimum absolute atomic E-state index is 0.219. The van der Waals surface area contributed by atoms with Gasteiger partial charge < -0.3 is 9.30 Å². The fraction of sp³-hybridized carbons (Fsp3) is 0.429. The quantitative estimate of drug-likeness (QED) is 0.551. The number of hydrogen-bond donors (Lipinski definition) is 0. The molecule has 1 fully saturated rings. The zero-order chi connectivity index (χ0) is 19.5. The highest BCUT2D eigenvalue weighted by atomic mass is 35.5. The largest absolute Gasteiger partial charge is 0.378 e. The van der Waals surface area contributed by atoms with Crippen molar-refractivity contribution in [3.05, 3.63) is 53.6 Å². The molecule has 2 aromatic rings. The predicted molar refractivity (Wildman–Crippen MR) is 110 cm³/mol. The van der Waals surface area contributed by atoms with Gasteiger partial charge in [0.25, 0.3) is 0 Å². The lowest BCUT2D eigenvalue weighted by Crippen LogP contribution is -2.07. The van der Waals surface area contributed by atoms with Crippen LogP contribution in [0.2, 0.25) is 5.02 Å². The summed E-state index contributed by atoms with van der Waals surface area (Å²) in [4.78, 5) is 9.00. The van der Waals surface area contributed by atoms with Crippen molar-refractivity contribution in [3.8, 4) is 0 Å². The molecule has 1 saturated carbocycles. The number of alkyl halides is 1. The Kier molecular flexibility index (Phi) is 6.19. The third kappa shape index (κ3) is 4.50. The second kappa shape index (κ2) is 8.80. The minimum Gasteiger partial charge on any atom is -0.378 e. The van der Waals surface area contributed by atoms with Crippen molar-refractivity contribution in [2.24, 2.45) is 24.8 Å². The molecule has 0 spiro atoms. The zero-order valence-corrected chi connectivity index (χ0v) is 17.3. The molecule has 2 heterocycles. The monoisotopic (exact) mass is 419 g/mol. The Morgan fingerprint density at radius 1 is 1.36 bits per heavy atom. The van der Waals surface area contributed by atoms with Crippen molar-refractivity contribution in [2.45, 2.75) is 22.9 Å². The molecular weight excluding hydrogens is 397 g/mol. The Labute approximate surface area is 173 Å². The first-order chi connectivity index (χ1) is 13.7. The van der Waals surface area contributed by atoms with Crippen molar-refractivity contribution < 1.29 is 9.13 Å². The van der Waals surface area contributed by atoms with Gasteiger partial charge in [-0.3, -0.25) is 0 Å². The number of rotatable bonds is 8. The molecule has 1 unspecified atom stereocenters. The second-order valence-corrected chi connectivity index (χ2v) is 8.71. The Bertz CT molecular complexity index is 880. The molecule has 4 nitrogen and oxygen atoms in total. The molecule has 0 saturated heterocycles. The van der Waals surface area contributed by atoms with Crippen molar-refractivity contribution in [2.75, 3.05) is 19.9 Å². The van der Waals surface area contributed by atoms with Gasteiger partial charge in [0.05, 0.1) is 18.0 Å². The minimum atomic E-state index is -0.400. The van der Waals surface area contributed by atoms with E-state index in [1.54, 1.807) is 18.0 Å². The summed E-state index contributed by atoms with van der Waals surface area (Å²) in [6.07, 6.45) is 12.5. The number of hydrogen-bond acceptors (Lipinski definition) is 4. The molecule has 0 N–H and O–H groups in total. The first-order valence-electron chi connectivity index (χ1n) is 9.49. The molecule has 0 amide bonds. The van der Waals surface area contributed by atoms with Crippen molar-refractivity contribution >= 4 is 28.9 Å². The number of imidazole rings is 1. The molecule has 2 aliphatic carbocycles. The Hall–Kier alpha value is -1.63. The maximum atomic E-state index is 12.1. The molecule has 0 bridgehead atoms. The van der Waals surface area contributed by atoms with Gasteiger partial charge in [-0.2, -0.15) is 0 Å². The fourth-order valence-electron chi connectivity index (χ4n) is 3.67. The molecular formula is C21H23ClFN3OS. The molecule has 7 heteroatoms. The molecule has 2 aliphatic rings. The summed E-state index contributed by atoms with van der Waals surface area (Å²) in [6, 6.07) is 3.77. The average Bonchev–Trinajstić information content (AvgIpc) is 3.40. The lowest BCUT2D eigenvalue weighted by molar-refractivity contribution is 0.106. The van der Waals surface area contributed by atoms with Crippen LogP contribution in [0.25, 0.3) is 5.57 Å². The van der Waals surface area contributed by atoms with E-state index in [-0.39, 0.29) is 6.61 Å². The van der Waals surface area contributed by atoms with Crippen molar-refractivity contribution in [1.82, 2.24) is 14.5 Å². The smallest absolute Gasteiger partial charge is 0.113 e. The first kappa shape index (κ1) is 19.7. The Balaban J connectivity index is 1.40. The molecule has 0 aromatic carbocycles. The van der Waals surface area contributed by atoms with Gasteiger partial charge in [0, 0.05) is 19.9 Å². The summed E-state index contributed by atoms with van der Waals surface area (Å²) in [5.41, 5.74) is 2.14. The van der Waals surface area contributed by atoms with Crippen LogP contribution in [0.4, 0.5) is 4.39 Å². The van der Waals surface area contributed by atoms with Crippen LogP contribution in [-0.2, 0) is 11.8 Å². The van der Waals surface area contributed by atoms with Gasteiger partial charge >= 0.3 is 0 Å². The number of aromatic nitrogens is 3. The topological polar surface area (TPSA) is 39.9 Å². The molecule has 28 heavy (non-hydrogen) atoms. The van der Waals surface area contributed by atoms with Gasteiger partial charge in [-0.15, -0.1) is 0 Å². The molecule has 148 valence electrons. The summed E-state index contributed by atoms with van der Waals surface area (Å²) >= 11 is 7.53. The van der Waals surface area contributed by atoms with Crippen LogP contribution in [-0.4, -0.2) is 34.4 Å². The van der Waals surface area contributed by atoms with E-state index in [9.17, 15) is 4.39 Å². The van der Waals surface area contributed by atoms with Crippen molar-refractivity contribution in [1.29, 1.82) is 0 Å². The molecule has 4 rings (SSSR count). The SMILES string of the molecule is Cn1cnc(C2=CCC([C@H]3C[C@@H]3COCCF)C=C2)c1Sc1ccc(Cl)cn1. The zero-order valence-electron chi connectivity index (χ0n) is 15.7. The van der Waals surface area contributed by atoms with Crippen LogP contribution < -0.4 is 0 Å². The molecule has 0 aliphatic heterocycles. The number of pyridine rings is 1. The van der Waals surface area contributed by atoms with Gasteiger partial charge in [-0.1, -0.05) is 29.8 Å². The van der Waals surface area contributed by atoms with E-state index in [2.05, 4.69) is 28.2 Å². The fourth-order valence-corrected chi connectivity index (χ4v) is 4.68. The van der Waals surface area contributed by atoms with Crippen LogP contribution in [0, 0.1) is 17.8 Å². The molecule has 2 aromatic heterocycles. The maximum Gasteiger partial charge on any atom is 0.113 e. The van der Waals surface area contributed by atoms with E-state index in [1.165, 1.54) is 6.42 Å². The van der Waals surface area contributed by atoms with E-state index in [1.807, 2.05) is 30.1 Å². The van der Waals surface area contributed by atoms with E-state index >= 15 is 0 Å². The second-order valence-electron chi connectivity index (χ2n) is 7.27. The summed E-state index contributed by atoms with van der Waals surface area (Å²) in [7, 11) is 2.00. The van der Waals surface area contributed by atoms with Gasteiger partial charge in [0.2, 0.25) is 0 Å². The third-order valence-electron chi connectivity index (χ3n) is 5.27. The first-order valence-corrected chi connectivity index (χ1v) is 10.7. The standard InChI is InChI=1S/C21H23ClFN3OS/c1-26-13-25-20(21(26)28-19-7-6-17(22)11-24-19)15-4-2-14(3-5-15)18-10-16(18)12-27-9-8-23/h2,4-7,11,13-14,16,18H,3,8-10,12H2,1H3/t14?,16-,18-/m1/s1. The normalized spacial score (nSPS) is 23.7. The highest BCUT2D eigenvalue weighted by Crippen LogP contribution is 2.48. The molecule has 3 atom stereocenters. The average molecular weight is 420 g/mol. The molecule has 0 radical (unpaired) electrons. The van der Waals surface area contributed by atoms with Gasteiger partial charge in [-0.25, -0.2) is 14.4 Å². The highest BCUT2D eigenvalue weighted by Gasteiger charge is 2.41. The summed E-state index contributed by atoms with van der Waals surface area (Å²) in [5.74, 6) is 1.78. The summed E-state index contributed by atoms with van der Waals surface area (Å²) < 4.78 is 19.5. The predicted octanol–water partition coefficient (Wildman–Crippen LogP) is 5.20. The lowest BCUT2D eigenvalue weighted by Gasteiger charge is -2.16. The van der Waals surface area contributed by atoms with Gasteiger partial charge in [0.15, 0.2) is 0 Å². The summed E-state index contributed by atoms with van der Waals surface area (Å²) in [5, 5.41) is 2.58. The Morgan fingerprint density at radius 2 is 2.25 bits per heavy atom. The number of nitrogens with zero attached hydrogens (tertiary/aromatic N) is 3. The van der Waals surface area contributed by atoms with Crippen LogP contribution in [0.15, 0.2) is 52.9 Å². The summed E-state index contributed by atoms with van der Waals surface area (Å²) in [6.45, 7) is 0.504. The van der Waals surface area contributed by atoms with E-state index in [0.717, 1.165) is 27.7 Å². The van der Waals surface area contributed by atoms with E-state index < -0.39 is 6.67 Å². The van der Waals surface area contributed by atoms with E-state index in [4.69, 9.17) is 16.3 Å². The number of halogens is 2. The number of ether oxygens (including phenoxy) is 1. The Morgan fingerprint density at radius 3 is 2.96 bits per heavy atom. The van der Waals surface area contributed by atoms with Crippen LogP contribution in [0.5, 0.6) is 0 Å². The van der Waals surface area contributed by atoms with Crippen LogP contribution in [0.3, 0.4) is 0 Å². The van der Waals surface area contributed by atoms with Crippen molar-refractivity contribution in [3.63, 3.8) is 0 Å². The van der Waals surface area contributed by atoms with Gasteiger partial charge in [-0.05, 0) is 60.1 Å². The third-order valence-corrected chi connectivity index (χ3v) is 6.62. The number of allylic oxidation sites excluding steroid dienone is 4. The van der Waals surface area contributed by atoms with E-state index in [0.29, 0.717) is 29.4 Å². The number of aryl methyl sites for hydroxylation is 1. The van der Waals surface area contributed by atoms with Gasteiger partial charge in [0.1, 0.15) is 22.4 Å².